The number of nitrogens with one attached hydrogen (secondary N) is 2. The van der Waals surface area contributed by atoms with Gasteiger partial charge in [0.05, 0.1) is 23.9 Å². The Balaban J connectivity index is 1.29. The van der Waals surface area contributed by atoms with Gasteiger partial charge in [-0.05, 0) is 42.8 Å². The molecule has 0 bridgehead atoms. The van der Waals surface area contributed by atoms with Gasteiger partial charge < -0.3 is 15.4 Å². The lowest BCUT2D eigenvalue weighted by Crippen LogP contribution is -2.36. The summed E-state index contributed by atoms with van der Waals surface area (Å²) >= 11 is 0. The van der Waals surface area contributed by atoms with Crippen LogP contribution >= 0.6 is 0 Å². The maximum absolute atomic E-state index is 12.8. The molecule has 2 N–H and O–H groups in total. The van der Waals surface area contributed by atoms with Crippen molar-refractivity contribution in [2.24, 2.45) is 4.99 Å². The molecule has 1 unspecified atom stereocenters. The summed E-state index contributed by atoms with van der Waals surface area (Å²) < 4.78 is 32.3. The molecule has 11 heteroatoms. The monoisotopic (exact) mass is 479 g/mol. The van der Waals surface area contributed by atoms with Crippen LogP contribution in [0.25, 0.3) is 17.0 Å². The third kappa shape index (κ3) is 4.18. The second kappa shape index (κ2) is 8.99. The molecular formula is C24H23F2N7O2. The summed E-state index contributed by atoms with van der Waals surface area (Å²) in [6, 6.07) is 9.26. The summed E-state index contributed by atoms with van der Waals surface area (Å²) in [5.74, 6) is -0.628. The fourth-order valence-corrected chi connectivity index (χ4v) is 4.42. The lowest BCUT2D eigenvalue weighted by Gasteiger charge is -2.19. The number of halogens is 2. The Hall–Kier alpha value is -3.99. The van der Waals surface area contributed by atoms with Crippen LogP contribution in [0.3, 0.4) is 0 Å². The number of nitrogens with zero attached hydrogens (tertiary/aromatic N) is 5. The van der Waals surface area contributed by atoms with Crippen LogP contribution in [0.5, 0.6) is 0 Å². The van der Waals surface area contributed by atoms with Gasteiger partial charge in [0.1, 0.15) is 11.5 Å². The predicted molar refractivity (Wildman–Crippen MR) is 126 cm³/mol. The molecule has 3 aromatic rings. The molecule has 35 heavy (non-hydrogen) atoms. The number of benzene rings is 1. The Labute approximate surface area is 199 Å². The summed E-state index contributed by atoms with van der Waals surface area (Å²) in [5, 5.41) is 14.8. The lowest BCUT2D eigenvalue weighted by molar-refractivity contribution is -0.120. The summed E-state index contributed by atoms with van der Waals surface area (Å²) in [5.41, 5.74) is 4.02. The summed E-state index contributed by atoms with van der Waals surface area (Å²) in [6.45, 7) is 5.45. The summed E-state index contributed by atoms with van der Waals surface area (Å²) in [4.78, 5) is 20.4. The number of hydrogen-bond acceptors (Lipinski definition) is 7. The zero-order valence-electron chi connectivity index (χ0n) is 19.0. The van der Waals surface area contributed by atoms with E-state index >= 15 is 0 Å². The van der Waals surface area contributed by atoms with Crippen molar-refractivity contribution < 1.29 is 18.3 Å². The van der Waals surface area contributed by atoms with E-state index in [9.17, 15) is 13.6 Å². The van der Waals surface area contributed by atoms with Gasteiger partial charge in [-0.2, -0.15) is 8.78 Å². The Bertz CT molecular complexity index is 1310. The molecule has 1 aromatic carbocycles. The van der Waals surface area contributed by atoms with Gasteiger partial charge in [-0.25, -0.2) is 4.68 Å². The van der Waals surface area contributed by atoms with Crippen LogP contribution in [-0.4, -0.2) is 58.3 Å². The van der Waals surface area contributed by atoms with Crippen molar-refractivity contribution in [3.05, 3.63) is 66.1 Å². The zero-order chi connectivity index (χ0) is 24.6. The minimum absolute atomic E-state index is 0.0350. The molecule has 180 valence electrons. The topological polar surface area (TPSA) is 106 Å². The highest BCUT2D eigenvalue weighted by Gasteiger charge is 2.48. The van der Waals surface area contributed by atoms with Gasteiger partial charge in [0.2, 0.25) is 5.91 Å². The van der Waals surface area contributed by atoms with Crippen LogP contribution in [0, 0.1) is 0 Å². The summed E-state index contributed by atoms with van der Waals surface area (Å²) in [7, 11) is 1.23. The van der Waals surface area contributed by atoms with Crippen LogP contribution in [0.4, 0.5) is 14.5 Å². The van der Waals surface area contributed by atoms with E-state index in [4.69, 9.17) is 4.74 Å². The van der Waals surface area contributed by atoms with Crippen LogP contribution in [-0.2, 0) is 21.5 Å². The minimum atomic E-state index is -2.83. The van der Waals surface area contributed by atoms with Crippen molar-refractivity contribution in [3.63, 3.8) is 0 Å². The number of aliphatic imine (C=N–C) groups is 1. The Morgan fingerprint density at radius 1 is 1.34 bits per heavy atom. The van der Waals surface area contributed by atoms with E-state index in [-0.39, 0.29) is 11.7 Å². The minimum Gasteiger partial charge on any atom is -0.438 e. The van der Waals surface area contributed by atoms with Crippen LogP contribution in [0.15, 0.2) is 54.3 Å². The van der Waals surface area contributed by atoms with E-state index in [0.717, 1.165) is 29.8 Å². The second-order valence-corrected chi connectivity index (χ2v) is 8.45. The molecule has 1 atom stereocenters. The SMILES string of the molecule is C=C(OC(=NC)C(F)F)c1ccc(Cn2cc(-c3ccc4c(c3)C3(CCNC3)C(=O)N4)nn2)nc1. The van der Waals surface area contributed by atoms with Crippen molar-refractivity contribution in [3.8, 4) is 11.3 Å². The first-order valence-electron chi connectivity index (χ1n) is 11.0. The van der Waals surface area contributed by atoms with Gasteiger partial charge in [-0.3, -0.25) is 14.8 Å². The quantitative estimate of drug-likeness (QED) is 0.320. The highest BCUT2D eigenvalue weighted by molar-refractivity contribution is 6.07. The number of carbonyl (C=O) groups excluding carboxylic acids is 1. The molecule has 1 fully saturated rings. The van der Waals surface area contributed by atoms with Crippen LogP contribution < -0.4 is 10.6 Å². The van der Waals surface area contributed by atoms with E-state index in [1.165, 1.54) is 13.2 Å². The van der Waals surface area contributed by atoms with Gasteiger partial charge in [0.25, 0.3) is 5.90 Å². The number of hydrogen-bond donors (Lipinski definition) is 2. The maximum Gasteiger partial charge on any atom is 0.312 e. The average Bonchev–Trinajstić information content (AvgIpc) is 3.59. The summed E-state index contributed by atoms with van der Waals surface area (Å²) in [6.07, 6.45) is 1.24. The number of anilines is 1. The van der Waals surface area contributed by atoms with Gasteiger partial charge >= 0.3 is 6.43 Å². The maximum atomic E-state index is 12.8. The number of pyridine rings is 1. The molecule has 0 radical (unpaired) electrons. The van der Waals surface area contributed by atoms with Gasteiger partial charge in [0.15, 0.2) is 0 Å². The largest absolute Gasteiger partial charge is 0.438 e. The molecule has 2 aromatic heterocycles. The average molecular weight is 479 g/mol. The number of carbonyl (C=O) groups is 1. The second-order valence-electron chi connectivity index (χ2n) is 8.45. The molecule has 2 aliphatic heterocycles. The van der Waals surface area contributed by atoms with Gasteiger partial charge in [-0.1, -0.05) is 17.9 Å². The third-order valence-electron chi connectivity index (χ3n) is 6.31. The Morgan fingerprint density at radius 3 is 2.89 bits per heavy atom. The van der Waals surface area contributed by atoms with E-state index in [0.29, 0.717) is 30.0 Å². The van der Waals surface area contributed by atoms with Crippen molar-refractivity contribution in [2.75, 3.05) is 25.5 Å². The highest BCUT2D eigenvalue weighted by atomic mass is 19.3. The van der Waals surface area contributed by atoms with Crippen molar-refractivity contribution >= 4 is 23.3 Å². The third-order valence-corrected chi connectivity index (χ3v) is 6.31. The van der Waals surface area contributed by atoms with Crippen LogP contribution in [0.2, 0.25) is 0 Å². The smallest absolute Gasteiger partial charge is 0.312 e. The highest BCUT2D eigenvalue weighted by Crippen LogP contribution is 2.43. The molecule has 4 heterocycles. The molecular weight excluding hydrogens is 456 g/mol. The number of ether oxygens (including phenoxy) is 1. The van der Waals surface area contributed by atoms with Crippen molar-refractivity contribution in [1.29, 1.82) is 0 Å². The van der Waals surface area contributed by atoms with Gasteiger partial charge in [-0.15, -0.1) is 5.10 Å². The first-order chi connectivity index (χ1) is 16.9. The number of rotatable bonds is 6. The molecule has 9 nitrogen and oxygen atoms in total. The normalized spacial score (nSPS) is 19.3. The molecule has 0 saturated carbocycles. The number of aromatic nitrogens is 4. The van der Waals surface area contributed by atoms with E-state index < -0.39 is 17.7 Å². The fourth-order valence-electron chi connectivity index (χ4n) is 4.42. The fraction of sp³-hybridized carbons (Fsp3) is 0.292. The first kappa shape index (κ1) is 22.8. The molecule has 2 aliphatic rings. The van der Waals surface area contributed by atoms with Crippen molar-refractivity contribution in [1.82, 2.24) is 25.3 Å². The standard InChI is InChI=1S/C24H23F2N7O2/c1-14(35-22(27-2)21(25)26)16-3-5-17(29-10-16)11-33-12-20(31-32-33)15-4-6-19-18(9-15)24(23(34)30-19)7-8-28-13-24/h3-6,9-10,12,21,28H,1,7-8,11,13H2,2H3,(H,30,34). The van der Waals surface area contributed by atoms with Crippen molar-refractivity contribution in [2.45, 2.75) is 24.8 Å². The number of amides is 1. The molecule has 0 aliphatic carbocycles. The predicted octanol–water partition coefficient (Wildman–Crippen LogP) is 2.85. The lowest BCUT2D eigenvalue weighted by atomic mass is 9.80. The zero-order valence-corrected chi connectivity index (χ0v) is 19.0. The van der Waals surface area contributed by atoms with Crippen LogP contribution in [0.1, 0.15) is 23.2 Å². The molecule has 1 amide bonds. The van der Waals surface area contributed by atoms with E-state index in [2.05, 4.69) is 37.5 Å². The number of alkyl halides is 2. The van der Waals surface area contributed by atoms with Gasteiger partial charge in [0, 0.05) is 36.6 Å². The molecule has 5 rings (SSSR count). The van der Waals surface area contributed by atoms with E-state index in [1.807, 2.05) is 24.4 Å². The van der Waals surface area contributed by atoms with E-state index in [1.54, 1.807) is 16.8 Å². The first-order valence-corrected chi connectivity index (χ1v) is 11.0. The number of fused-ring (bicyclic) bond motifs is 2. The molecule has 1 spiro atoms. The Morgan fingerprint density at radius 2 is 2.20 bits per heavy atom. The molecule has 1 saturated heterocycles. The Kier molecular flexibility index (Phi) is 5.85.